The van der Waals surface area contributed by atoms with Crippen LogP contribution < -0.4 is 16.2 Å². The van der Waals surface area contributed by atoms with E-state index in [1.807, 2.05) is 0 Å². The Morgan fingerprint density at radius 1 is 0.944 bits per heavy atom. The molecule has 12 heteroatoms. The van der Waals surface area contributed by atoms with Crippen molar-refractivity contribution in [2.24, 2.45) is 0 Å². The van der Waals surface area contributed by atoms with Crippen LogP contribution in [0.1, 0.15) is 51.0 Å². The predicted molar refractivity (Wildman–Crippen MR) is 118 cm³/mol. The summed E-state index contributed by atoms with van der Waals surface area (Å²) in [6.45, 7) is 4.22. The molecule has 1 unspecified atom stereocenters. The molecule has 0 spiro atoms. The zero-order valence-electron chi connectivity index (χ0n) is 19.5. The van der Waals surface area contributed by atoms with Crippen LogP contribution in [-0.2, 0) is 28.6 Å². The van der Waals surface area contributed by atoms with Gasteiger partial charge in [-0.2, -0.15) is 4.79 Å². The number of phenolic OH excluding ortho intramolecular Hbond substituents is 1. The van der Waals surface area contributed by atoms with E-state index in [9.17, 15) is 39.7 Å². The lowest BCUT2D eigenvalue weighted by molar-refractivity contribution is -0.222. The van der Waals surface area contributed by atoms with Crippen LogP contribution in [0.4, 0.5) is 0 Å². The maximum absolute atomic E-state index is 13.7. The molecule has 36 heavy (non-hydrogen) atoms. The first kappa shape index (κ1) is 24.7. The number of hydrogen-bond donors (Lipinski definition) is 2. The molecule has 0 radical (unpaired) electrons. The molecule has 0 aliphatic heterocycles. The molecular weight excluding hydrogens is 476 g/mol. The van der Waals surface area contributed by atoms with Gasteiger partial charge in [-0.05, 0) is 13.0 Å². The van der Waals surface area contributed by atoms with E-state index < -0.39 is 69.0 Å². The molecule has 1 aromatic rings. The number of carbonyl (C=O) groups is 3. The molecule has 0 saturated heterocycles. The quantitative estimate of drug-likeness (QED) is 0.214. The number of rotatable bonds is 3. The van der Waals surface area contributed by atoms with E-state index in [4.69, 9.17) is 14.2 Å². The second kappa shape index (κ2) is 8.36. The topological polar surface area (TPSA) is 190 Å². The summed E-state index contributed by atoms with van der Waals surface area (Å²) in [5.41, 5.74) is 5.44. The molecule has 4 atom stereocenters. The zero-order valence-corrected chi connectivity index (χ0v) is 19.5. The number of hydrogen-bond acceptors (Lipinski definition) is 10. The van der Waals surface area contributed by atoms with E-state index in [0.717, 1.165) is 27.7 Å². The van der Waals surface area contributed by atoms with Gasteiger partial charge in [-0.1, -0.05) is 12.1 Å². The second-order valence-corrected chi connectivity index (χ2v) is 8.66. The van der Waals surface area contributed by atoms with Crippen molar-refractivity contribution in [3.05, 3.63) is 71.1 Å². The molecule has 1 aromatic carbocycles. The average Bonchev–Trinajstić information content (AvgIpc) is 3.12. The maximum atomic E-state index is 13.7. The molecule has 0 aromatic heterocycles. The minimum absolute atomic E-state index is 0.184. The first-order valence-corrected chi connectivity index (χ1v) is 10.7. The van der Waals surface area contributed by atoms with Crippen molar-refractivity contribution in [3.8, 4) is 5.75 Å². The Kier molecular flexibility index (Phi) is 5.74. The molecule has 0 heterocycles. The molecule has 186 valence electrons. The van der Waals surface area contributed by atoms with E-state index in [1.165, 1.54) is 18.2 Å². The fraction of sp³-hybridized carbons (Fsp3) is 0.333. The third-order valence-corrected chi connectivity index (χ3v) is 6.17. The molecule has 0 bridgehead atoms. The minimum atomic E-state index is -2.29. The fourth-order valence-corrected chi connectivity index (χ4v) is 4.90. The van der Waals surface area contributed by atoms with Crippen molar-refractivity contribution in [3.63, 3.8) is 0 Å². The average molecular weight is 496 g/mol. The van der Waals surface area contributed by atoms with Gasteiger partial charge in [-0.3, -0.25) is 24.0 Å². The van der Waals surface area contributed by atoms with Gasteiger partial charge < -0.3 is 30.0 Å². The van der Waals surface area contributed by atoms with E-state index in [2.05, 4.69) is 4.79 Å². The number of benzene rings is 1. The van der Waals surface area contributed by atoms with Crippen LogP contribution in [0, 0.1) is 10.4 Å². The van der Waals surface area contributed by atoms with E-state index >= 15 is 0 Å². The summed E-state index contributed by atoms with van der Waals surface area (Å²) in [5.74, 6) is -3.19. The lowest BCUT2D eigenvalue weighted by atomic mass is 9.75. The van der Waals surface area contributed by atoms with Crippen LogP contribution in [0.5, 0.6) is 5.75 Å². The van der Waals surface area contributed by atoms with Gasteiger partial charge >= 0.3 is 23.3 Å². The maximum Gasteiger partial charge on any atom is 0.334 e. The van der Waals surface area contributed by atoms with Gasteiger partial charge in [0.1, 0.15) is 16.6 Å². The number of carbonyl (C=O) groups excluding carboxylic acids is 3. The highest BCUT2D eigenvalue weighted by Crippen LogP contribution is 2.47. The Labute approximate surface area is 201 Å². The van der Waals surface area contributed by atoms with Crippen LogP contribution in [0.2, 0.25) is 0 Å². The summed E-state index contributed by atoms with van der Waals surface area (Å²) in [4.78, 5) is 66.3. The Morgan fingerprint density at radius 2 is 1.56 bits per heavy atom. The van der Waals surface area contributed by atoms with Crippen molar-refractivity contribution < 1.29 is 43.6 Å². The van der Waals surface area contributed by atoms with Crippen LogP contribution in [0.3, 0.4) is 0 Å². The molecule has 2 N–H and O–H groups in total. The van der Waals surface area contributed by atoms with Gasteiger partial charge in [0.25, 0.3) is 0 Å². The minimum Gasteiger partial charge on any atom is -0.507 e. The SMILES string of the molecule is CC(=O)O[C@@H]1c2c(c3c(=O)c4cccc(O)c4c(=O)c=3c2=[N+]=[N-])[C@H](OC(C)=O)[C@@H](OC(C)=O)C1(C)O. The Bertz CT molecular complexity index is 1710. The zero-order chi connectivity index (χ0) is 26.7. The molecular formula is C24H20N2O10. The Balaban J connectivity index is 2.34. The molecule has 0 saturated carbocycles. The smallest absolute Gasteiger partial charge is 0.334 e. The standard InChI is InChI=1S/C24H20N2O10/c1-8(27)34-21-15-14-16(20(32)13-11(19(14)31)6-5-7-12(13)30)18(26-25)17(15)22(35-9(2)28)24(4,33)23(21)36-10(3)29/h5-7,21-23,30,33H,1-4H3/t21-,22+,23+,24?/m0/s1. The number of aliphatic hydroxyl groups is 1. The third kappa shape index (κ3) is 3.46. The molecule has 12 nitrogen and oxygen atoms in total. The highest BCUT2D eigenvalue weighted by molar-refractivity contribution is 5.88. The number of esters is 3. The molecule has 4 rings (SSSR count). The van der Waals surface area contributed by atoms with Crippen LogP contribution in [-0.4, -0.2) is 44.6 Å². The first-order chi connectivity index (χ1) is 16.8. The molecule has 3 aliphatic rings. The van der Waals surface area contributed by atoms with Gasteiger partial charge in [0.2, 0.25) is 5.43 Å². The number of nitrogens with zero attached hydrogens (tertiary/aromatic N) is 2. The van der Waals surface area contributed by atoms with Gasteiger partial charge in [0.15, 0.2) is 23.7 Å². The highest BCUT2D eigenvalue weighted by Gasteiger charge is 2.58. The summed E-state index contributed by atoms with van der Waals surface area (Å²) in [6.07, 6.45) is -5.10. The lowest BCUT2D eigenvalue weighted by Gasteiger charge is -2.44. The van der Waals surface area contributed by atoms with Crippen molar-refractivity contribution in [2.45, 2.75) is 51.6 Å². The van der Waals surface area contributed by atoms with Gasteiger partial charge in [-0.15, -0.1) is 0 Å². The predicted octanol–water partition coefficient (Wildman–Crippen LogP) is -0.0986. The van der Waals surface area contributed by atoms with Crippen molar-refractivity contribution in [2.75, 3.05) is 0 Å². The van der Waals surface area contributed by atoms with E-state index in [-0.39, 0.29) is 27.1 Å². The molecule has 0 amide bonds. The van der Waals surface area contributed by atoms with Crippen LogP contribution in [0.15, 0.2) is 27.8 Å². The number of phenols is 1. The van der Waals surface area contributed by atoms with Gasteiger partial charge in [0.05, 0.1) is 10.9 Å². The molecule has 0 fully saturated rings. The van der Waals surface area contributed by atoms with Gasteiger partial charge in [0, 0.05) is 36.9 Å². The largest absolute Gasteiger partial charge is 0.507 e. The summed E-state index contributed by atoms with van der Waals surface area (Å²) in [5, 5.41) is 19.9. The Morgan fingerprint density at radius 3 is 2.11 bits per heavy atom. The van der Waals surface area contributed by atoms with Crippen molar-refractivity contribution in [1.29, 1.82) is 0 Å². The monoisotopic (exact) mass is 496 g/mol. The van der Waals surface area contributed by atoms with Crippen molar-refractivity contribution in [1.82, 2.24) is 0 Å². The van der Waals surface area contributed by atoms with Crippen molar-refractivity contribution >= 4 is 28.7 Å². The van der Waals surface area contributed by atoms with Gasteiger partial charge in [-0.25, -0.2) is 0 Å². The highest BCUT2D eigenvalue weighted by atomic mass is 16.6. The summed E-state index contributed by atoms with van der Waals surface area (Å²) in [6, 6.07) is 3.83. The second-order valence-electron chi connectivity index (χ2n) is 8.66. The molecule has 3 aliphatic carbocycles. The van der Waals surface area contributed by atoms with Crippen LogP contribution in [0.25, 0.3) is 16.3 Å². The fourth-order valence-electron chi connectivity index (χ4n) is 4.90. The number of ether oxygens (including phenoxy) is 3. The van der Waals surface area contributed by atoms with Crippen LogP contribution >= 0.6 is 0 Å². The summed E-state index contributed by atoms with van der Waals surface area (Å²) < 4.78 is 16.0. The third-order valence-electron chi connectivity index (χ3n) is 6.17. The van der Waals surface area contributed by atoms with E-state index in [0.29, 0.717) is 0 Å². The number of fused-ring (bicyclic) bond motifs is 3. The normalized spacial score (nSPS) is 23.1. The Hall–Kier alpha value is -4.41. The summed E-state index contributed by atoms with van der Waals surface area (Å²) >= 11 is 0. The number of aromatic hydroxyl groups is 1. The lowest BCUT2D eigenvalue weighted by Crippen LogP contribution is -2.56. The summed E-state index contributed by atoms with van der Waals surface area (Å²) in [7, 11) is 0. The first-order valence-electron chi connectivity index (χ1n) is 10.7. The van der Waals surface area contributed by atoms with E-state index in [1.54, 1.807) is 0 Å².